The van der Waals surface area contributed by atoms with Crippen LogP contribution in [0.5, 0.6) is 11.5 Å². The van der Waals surface area contributed by atoms with Crippen molar-refractivity contribution < 1.29 is 19.0 Å². The second-order valence-electron chi connectivity index (χ2n) is 7.64. The SMILES string of the molecule is COc1cc(/C=C2\N=C(c3ccc4ccccc4c3)OC2=O)cc(Cl)c1OCC(C)C. The lowest BCUT2D eigenvalue weighted by molar-refractivity contribution is -0.129. The van der Waals surface area contributed by atoms with E-state index in [1.165, 1.54) is 0 Å². The van der Waals surface area contributed by atoms with Gasteiger partial charge in [0.1, 0.15) is 0 Å². The van der Waals surface area contributed by atoms with E-state index < -0.39 is 5.97 Å². The lowest BCUT2D eigenvalue weighted by Crippen LogP contribution is -2.06. The van der Waals surface area contributed by atoms with Crippen LogP contribution in [-0.4, -0.2) is 25.6 Å². The average molecular weight is 436 g/mol. The van der Waals surface area contributed by atoms with Crippen molar-refractivity contribution in [2.45, 2.75) is 13.8 Å². The van der Waals surface area contributed by atoms with E-state index in [1.807, 2.05) is 42.5 Å². The van der Waals surface area contributed by atoms with Gasteiger partial charge in [-0.25, -0.2) is 9.79 Å². The Kier molecular flexibility index (Phi) is 5.96. The third-order valence-electron chi connectivity index (χ3n) is 4.73. The van der Waals surface area contributed by atoms with Crippen molar-refractivity contribution in [3.05, 3.63) is 76.4 Å². The molecule has 0 bridgehead atoms. The number of esters is 1. The third-order valence-corrected chi connectivity index (χ3v) is 5.01. The number of fused-ring (bicyclic) bond motifs is 1. The molecule has 6 heteroatoms. The first-order chi connectivity index (χ1) is 14.9. The summed E-state index contributed by atoms with van der Waals surface area (Å²) < 4.78 is 16.6. The highest BCUT2D eigenvalue weighted by molar-refractivity contribution is 6.32. The van der Waals surface area contributed by atoms with Gasteiger partial charge in [-0.1, -0.05) is 55.8 Å². The maximum atomic E-state index is 12.4. The number of rotatable bonds is 6. The second kappa shape index (κ2) is 8.82. The van der Waals surface area contributed by atoms with Crippen LogP contribution in [0.1, 0.15) is 25.0 Å². The molecule has 1 heterocycles. The zero-order valence-electron chi connectivity index (χ0n) is 17.5. The molecular formula is C25H22ClNO4. The molecule has 3 aromatic carbocycles. The highest BCUT2D eigenvalue weighted by atomic mass is 35.5. The van der Waals surface area contributed by atoms with Crippen molar-refractivity contribution in [2.75, 3.05) is 13.7 Å². The van der Waals surface area contributed by atoms with Gasteiger partial charge in [0.2, 0.25) is 5.90 Å². The molecule has 4 rings (SSSR count). The Bertz CT molecular complexity index is 1210. The van der Waals surface area contributed by atoms with Crippen LogP contribution in [0.15, 0.2) is 65.3 Å². The molecule has 0 radical (unpaired) electrons. The fourth-order valence-electron chi connectivity index (χ4n) is 3.23. The molecular weight excluding hydrogens is 414 g/mol. The van der Waals surface area contributed by atoms with E-state index in [0.717, 1.165) is 16.3 Å². The normalized spacial score (nSPS) is 14.8. The summed E-state index contributed by atoms with van der Waals surface area (Å²) in [6.07, 6.45) is 1.62. The zero-order valence-corrected chi connectivity index (χ0v) is 18.3. The Hall–Kier alpha value is -3.31. The number of hydrogen-bond acceptors (Lipinski definition) is 5. The molecule has 0 saturated heterocycles. The molecule has 0 fully saturated rings. The first-order valence-electron chi connectivity index (χ1n) is 9.96. The number of nitrogens with zero attached hydrogens (tertiary/aromatic N) is 1. The summed E-state index contributed by atoms with van der Waals surface area (Å²) in [7, 11) is 1.55. The third kappa shape index (κ3) is 4.57. The quantitative estimate of drug-likeness (QED) is 0.358. The highest BCUT2D eigenvalue weighted by Gasteiger charge is 2.24. The minimum atomic E-state index is -0.515. The van der Waals surface area contributed by atoms with Crippen LogP contribution in [0.2, 0.25) is 5.02 Å². The van der Waals surface area contributed by atoms with Crippen molar-refractivity contribution in [2.24, 2.45) is 10.9 Å². The van der Waals surface area contributed by atoms with Crippen LogP contribution in [0.25, 0.3) is 16.8 Å². The number of ether oxygens (including phenoxy) is 3. The second-order valence-corrected chi connectivity index (χ2v) is 8.04. The summed E-state index contributed by atoms with van der Waals surface area (Å²) in [6, 6.07) is 17.3. The molecule has 0 spiro atoms. The minimum absolute atomic E-state index is 0.192. The summed E-state index contributed by atoms with van der Waals surface area (Å²) in [5.41, 5.74) is 1.59. The van der Waals surface area contributed by atoms with Crippen molar-refractivity contribution in [1.29, 1.82) is 0 Å². The van der Waals surface area contributed by atoms with Gasteiger partial charge >= 0.3 is 5.97 Å². The molecule has 0 unspecified atom stereocenters. The standard InChI is InChI=1S/C25H22ClNO4/c1-15(2)14-30-23-20(26)10-16(12-22(23)29-3)11-21-25(28)31-24(27-21)19-9-8-17-6-4-5-7-18(17)13-19/h4-13,15H,14H2,1-3H3/b21-11-. The summed E-state index contributed by atoms with van der Waals surface area (Å²) >= 11 is 6.41. The Morgan fingerprint density at radius 3 is 2.61 bits per heavy atom. The molecule has 0 amide bonds. The van der Waals surface area contributed by atoms with Gasteiger partial charge in [-0.2, -0.15) is 0 Å². The average Bonchev–Trinajstić information content (AvgIpc) is 3.12. The van der Waals surface area contributed by atoms with Gasteiger partial charge in [0.25, 0.3) is 0 Å². The van der Waals surface area contributed by atoms with E-state index in [9.17, 15) is 4.79 Å². The van der Waals surface area contributed by atoms with Crippen LogP contribution in [0.4, 0.5) is 0 Å². The predicted octanol–water partition coefficient (Wildman–Crippen LogP) is 5.88. The van der Waals surface area contributed by atoms with E-state index in [-0.39, 0.29) is 11.6 Å². The lowest BCUT2D eigenvalue weighted by Gasteiger charge is -2.14. The van der Waals surface area contributed by atoms with Crippen molar-refractivity contribution in [1.82, 2.24) is 0 Å². The first kappa shape index (κ1) is 20.9. The van der Waals surface area contributed by atoms with E-state index in [2.05, 4.69) is 18.8 Å². The van der Waals surface area contributed by atoms with Gasteiger partial charge in [0.05, 0.1) is 18.7 Å². The highest BCUT2D eigenvalue weighted by Crippen LogP contribution is 2.37. The molecule has 0 atom stereocenters. The summed E-state index contributed by atoms with van der Waals surface area (Å²) in [6.45, 7) is 4.62. The number of carbonyl (C=O) groups excluding carboxylic acids is 1. The van der Waals surface area contributed by atoms with Crippen LogP contribution >= 0.6 is 11.6 Å². The molecule has 0 saturated carbocycles. The van der Waals surface area contributed by atoms with Gasteiger partial charge in [-0.3, -0.25) is 0 Å². The molecule has 3 aromatic rings. The van der Waals surface area contributed by atoms with Crippen LogP contribution in [0.3, 0.4) is 0 Å². The van der Waals surface area contributed by atoms with Gasteiger partial charge in [-0.15, -0.1) is 0 Å². The number of cyclic esters (lactones) is 1. The molecule has 1 aliphatic heterocycles. The smallest absolute Gasteiger partial charge is 0.363 e. The van der Waals surface area contributed by atoms with E-state index >= 15 is 0 Å². The van der Waals surface area contributed by atoms with Gasteiger partial charge in [-0.05, 0) is 52.6 Å². The largest absolute Gasteiger partial charge is 0.493 e. The van der Waals surface area contributed by atoms with E-state index in [4.69, 9.17) is 25.8 Å². The molecule has 1 aliphatic rings. The number of hydrogen-bond donors (Lipinski definition) is 0. The Morgan fingerprint density at radius 2 is 1.87 bits per heavy atom. The van der Waals surface area contributed by atoms with E-state index in [1.54, 1.807) is 25.3 Å². The van der Waals surface area contributed by atoms with Gasteiger partial charge in [0.15, 0.2) is 17.2 Å². The molecule has 0 aromatic heterocycles. The number of aliphatic imine (C=N–C) groups is 1. The van der Waals surface area contributed by atoms with Crippen molar-refractivity contribution >= 4 is 40.3 Å². The lowest BCUT2D eigenvalue weighted by atomic mass is 10.1. The Balaban J connectivity index is 1.65. The number of benzene rings is 3. The van der Waals surface area contributed by atoms with Crippen LogP contribution in [-0.2, 0) is 9.53 Å². The molecule has 5 nitrogen and oxygen atoms in total. The van der Waals surface area contributed by atoms with Crippen LogP contribution < -0.4 is 9.47 Å². The number of carbonyl (C=O) groups is 1. The van der Waals surface area contributed by atoms with Crippen LogP contribution in [0, 0.1) is 5.92 Å². The Labute approximate surface area is 185 Å². The van der Waals surface area contributed by atoms with Crippen molar-refractivity contribution in [3.63, 3.8) is 0 Å². The first-order valence-corrected chi connectivity index (χ1v) is 10.3. The monoisotopic (exact) mass is 435 g/mol. The molecule has 31 heavy (non-hydrogen) atoms. The fraction of sp³-hybridized carbons (Fsp3) is 0.200. The van der Waals surface area contributed by atoms with Gasteiger partial charge < -0.3 is 14.2 Å². The molecule has 0 aliphatic carbocycles. The van der Waals surface area contributed by atoms with Crippen molar-refractivity contribution in [3.8, 4) is 11.5 Å². The summed E-state index contributed by atoms with van der Waals surface area (Å²) in [4.78, 5) is 16.8. The zero-order chi connectivity index (χ0) is 22.0. The molecule has 0 N–H and O–H groups in total. The number of methoxy groups -OCH3 is 1. The topological polar surface area (TPSA) is 57.1 Å². The minimum Gasteiger partial charge on any atom is -0.493 e. The summed E-state index contributed by atoms with van der Waals surface area (Å²) in [5.74, 6) is 1.08. The maximum Gasteiger partial charge on any atom is 0.363 e. The molecule has 158 valence electrons. The fourth-order valence-corrected chi connectivity index (χ4v) is 3.50. The van der Waals surface area contributed by atoms with Gasteiger partial charge in [0, 0.05) is 5.56 Å². The maximum absolute atomic E-state index is 12.4. The van der Waals surface area contributed by atoms with E-state index in [0.29, 0.717) is 34.6 Å². The summed E-state index contributed by atoms with van der Waals surface area (Å²) in [5, 5.41) is 2.55. The Morgan fingerprint density at radius 1 is 1.10 bits per heavy atom. The predicted molar refractivity (Wildman–Crippen MR) is 123 cm³/mol. The number of halogens is 1.